The normalized spacial score (nSPS) is 22.3. The molecule has 0 spiro atoms. The lowest BCUT2D eigenvalue weighted by molar-refractivity contribution is 0.125. The summed E-state index contributed by atoms with van der Waals surface area (Å²) in [5.41, 5.74) is 6.24. The Labute approximate surface area is 132 Å². The molecule has 0 amide bonds. The molecule has 1 aromatic heterocycles. The molecule has 4 nitrogen and oxygen atoms in total. The molecule has 0 saturated heterocycles. The molecule has 1 aromatic rings. The van der Waals surface area contributed by atoms with Crippen LogP contribution in [0.5, 0.6) is 5.88 Å². The minimum atomic E-state index is -0.296. The van der Waals surface area contributed by atoms with E-state index in [1.54, 1.807) is 0 Å². The summed E-state index contributed by atoms with van der Waals surface area (Å²) < 4.78 is 5.82. The predicted octanol–water partition coefficient (Wildman–Crippen LogP) is 3.93. The van der Waals surface area contributed by atoms with Crippen molar-refractivity contribution in [2.75, 3.05) is 16.8 Å². The van der Waals surface area contributed by atoms with Crippen molar-refractivity contribution in [2.24, 2.45) is 0 Å². The Morgan fingerprint density at radius 1 is 1.38 bits per heavy atom. The van der Waals surface area contributed by atoms with Crippen molar-refractivity contribution in [3.05, 3.63) is 12.1 Å². The second-order valence-corrected chi connectivity index (χ2v) is 8.11. The van der Waals surface area contributed by atoms with E-state index >= 15 is 0 Å². The second kappa shape index (κ2) is 6.77. The molecule has 21 heavy (non-hydrogen) atoms. The van der Waals surface area contributed by atoms with Gasteiger partial charge in [-0.3, -0.25) is 0 Å². The van der Waals surface area contributed by atoms with Crippen LogP contribution in [0.25, 0.3) is 0 Å². The summed E-state index contributed by atoms with van der Waals surface area (Å²) in [5, 5.41) is 4.31. The van der Waals surface area contributed by atoms with Gasteiger partial charge in [0.2, 0.25) is 5.88 Å². The lowest BCUT2D eigenvalue weighted by atomic mass is 10.2. The fourth-order valence-corrected chi connectivity index (χ4v) is 3.71. The average molecular weight is 309 g/mol. The summed E-state index contributed by atoms with van der Waals surface area (Å²) in [6.45, 7) is 8.22. The van der Waals surface area contributed by atoms with Crippen LogP contribution >= 0.6 is 11.8 Å². The first-order valence-corrected chi connectivity index (χ1v) is 8.76. The summed E-state index contributed by atoms with van der Waals surface area (Å²) in [6.07, 6.45) is 3.70. The molecule has 2 atom stereocenters. The van der Waals surface area contributed by atoms with E-state index in [2.05, 4.69) is 29.0 Å². The number of hydrogen-bond donors (Lipinski definition) is 2. The van der Waals surface area contributed by atoms with Crippen LogP contribution in [0.15, 0.2) is 12.1 Å². The summed E-state index contributed by atoms with van der Waals surface area (Å²) >= 11 is 2.06. The number of pyridine rings is 1. The topological polar surface area (TPSA) is 60.2 Å². The zero-order chi connectivity index (χ0) is 15.5. The van der Waals surface area contributed by atoms with E-state index in [9.17, 15) is 0 Å². The van der Waals surface area contributed by atoms with E-state index in [1.807, 2.05) is 32.9 Å². The number of anilines is 2. The zero-order valence-electron chi connectivity index (χ0n) is 13.5. The highest BCUT2D eigenvalue weighted by Gasteiger charge is 2.25. The van der Waals surface area contributed by atoms with E-state index < -0.39 is 0 Å². The fraction of sp³-hybridized carbons (Fsp3) is 0.688. The Morgan fingerprint density at radius 3 is 2.81 bits per heavy atom. The van der Waals surface area contributed by atoms with Crippen LogP contribution in [0, 0.1) is 0 Å². The average Bonchev–Trinajstić information content (AvgIpc) is 2.80. The van der Waals surface area contributed by atoms with Crippen molar-refractivity contribution in [1.29, 1.82) is 0 Å². The predicted molar refractivity (Wildman–Crippen MR) is 92.2 cm³/mol. The molecular weight excluding hydrogens is 282 g/mol. The van der Waals surface area contributed by atoms with Crippen molar-refractivity contribution in [3.8, 4) is 5.88 Å². The van der Waals surface area contributed by atoms with Crippen LogP contribution in [-0.4, -0.2) is 27.6 Å². The van der Waals surface area contributed by atoms with Gasteiger partial charge in [-0.2, -0.15) is 16.7 Å². The van der Waals surface area contributed by atoms with Crippen LogP contribution in [0.1, 0.15) is 47.0 Å². The van der Waals surface area contributed by atoms with Gasteiger partial charge in [0, 0.05) is 11.3 Å². The molecule has 2 unspecified atom stereocenters. The van der Waals surface area contributed by atoms with Crippen molar-refractivity contribution < 1.29 is 4.74 Å². The number of nitrogen functional groups attached to an aromatic ring is 1. The SMILES string of the molecule is CCSC1CCC(Nc2ccc(N)c(OC(C)(C)C)n2)C1. The smallest absolute Gasteiger partial charge is 0.239 e. The van der Waals surface area contributed by atoms with Gasteiger partial charge in [-0.25, -0.2) is 0 Å². The lowest BCUT2D eigenvalue weighted by Crippen LogP contribution is -2.24. The van der Waals surface area contributed by atoms with Crippen LogP contribution in [-0.2, 0) is 0 Å². The van der Waals surface area contributed by atoms with Crippen molar-refractivity contribution in [2.45, 2.75) is 63.9 Å². The van der Waals surface area contributed by atoms with Crippen LogP contribution in [0.4, 0.5) is 11.5 Å². The number of thioether (sulfide) groups is 1. The Balaban J connectivity index is 1.99. The summed E-state index contributed by atoms with van der Waals surface area (Å²) in [4.78, 5) is 4.53. The van der Waals surface area contributed by atoms with Gasteiger partial charge in [-0.15, -0.1) is 0 Å². The van der Waals surface area contributed by atoms with Gasteiger partial charge in [0.1, 0.15) is 11.4 Å². The standard InChI is InChI=1S/C16H27N3OS/c1-5-21-12-7-6-11(10-12)18-14-9-8-13(17)15(19-14)20-16(2,3)4/h8-9,11-12H,5-7,10,17H2,1-4H3,(H,18,19). The van der Waals surface area contributed by atoms with E-state index in [0.29, 0.717) is 17.6 Å². The summed E-state index contributed by atoms with van der Waals surface area (Å²) in [6, 6.07) is 4.31. The van der Waals surface area contributed by atoms with E-state index in [-0.39, 0.29) is 5.60 Å². The van der Waals surface area contributed by atoms with E-state index in [1.165, 1.54) is 25.0 Å². The number of rotatable bonds is 5. The van der Waals surface area contributed by atoms with Gasteiger partial charge >= 0.3 is 0 Å². The Kier molecular flexibility index (Phi) is 5.25. The molecule has 1 aliphatic carbocycles. The minimum Gasteiger partial charge on any atom is -0.470 e. The third-order valence-electron chi connectivity index (χ3n) is 3.43. The first-order chi connectivity index (χ1) is 9.87. The molecule has 1 heterocycles. The molecule has 2 rings (SSSR count). The first-order valence-electron chi connectivity index (χ1n) is 7.71. The third kappa shape index (κ3) is 4.99. The Hall–Kier alpha value is -1.10. The van der Waals surface area contributed by atoms with Crippen molar-refractivity contribution >= 4 is 23.3 Å². The number of hydrogen-bond acceptors (Lipinski definition) is 5. The van der Waals surface area contributed by atoms with Gasteiger partial charge in [0.15, 0.2) is 0 Å². The fourth-order valence-electron chi connectivity index (χ4n) is 2.57. The molecule has 1 aliphatic rings. The number of ether oxygens (including phenoxy) is 1. The van der Waals surface area contributed by atoms with Crippen molar-refractivity contribution in [3.63, 3.8) is 0 Å². The van der Waals surface area contributed by atoms with Gasteiger partial charge in [0.25, 0.3) is 0 Å². The molecule has 0 aliphatic heterocycles. The van der Waals surface area contributed by atoms with Gasteiger partial charge in [-0.1, -0.05) is 6.92 Å². The quantitative estimate of drug-likeness (QED) is 0.863. The van der Waals surface area contributed by atoms with Gasteiger partial charge < -0.3 is 15.8 Å². The minimum absolute atomic E-state index is 0.296. The maximum absolute atomic E-state index is 5.95. The van der Waals surface area contributed by atoms with Gasteiger partial charge in [-0.05, 0) is 57.9 Å². The second-order valence-electron chi connectivity index (χ2n) is 6.54. The zero-order valence-corrected chi connectivity index (χ0v) is 14.3. The summed E-state index contributed by atoms with van der Waals surface area (Å²) in [7, 11) is 0. The van der Waals surface area contributed by atoms with Crippen LogP contribution in [0.2, 0.25) is 0 Å². The van der Waals surface area contributed by atoms with Crippen LogP contribution in [0.3, 0.4) is 0 Å². The molecule has 1 saturated carbocycles. The summed E-state index contributed by atoms with van der Waals surface area (Å²) in [5.74, 6) is 2.57. The number of aromatic nitrogens is 1. The molecule has 0 aromatic carbocycles. The first kappa shape index (κ1) is 16.3. The highest BCUT2D eigenvalue weighted by molar-refractivity contribution is 7.99. The molecule has 3 N–H and O–H groups in total. The monoisotopic (exact) mass is 309 g/mol. The third-order valence-corrected chi connectivity index (χ3v) is 4.66. The van der Waals surface area contributed by atoms with E-state index in [4.69, 9.17) is 10.5 Å². The van der Waals surface area contributed by atoms with E-state index in [0.717, 1.165) is 11.1 Å². The molecule has 0 bridgehead atoms. The number of nitrogens with zero attached hydrogens (tertiary/aromatic N) is 1. The Bertz CT molecular complexity index is 473. The number of nitrogens with two attached hydrogens (primary N) is 1. The molecular formula is C16H27N3OS. The number of nitrogens with one attached hydrogen (secondary N) is 1. The maximum Gasteiger partial charge on any atom is 0.239 e. The van der Waals surface area contributed by atoms with Gasteiger partial charge in [0.05, 0.1) is 5.69 Å². The highest BCUT2D eigenvalue weighted by atomic mass is 32.2. The largest absolute Gasteiger partial charge is 0.470 e. The molecule has 118 valence electrons. The lowest BCUT2D eigenvalue weighted by Gasteiger charge is -2.22. The van der Waals surface area contributed by atoms with Crippen LogP contribution < -0.4 is 15.8 Å². The Morgan fingerprint density at radius 2 is 2.14 bits per heavy atom. The molecule has 5 heteroatoms. The highest BCUT2D eigenvalue weighted by Crippen LogP contribution is 2.32. The van der Waals surface area contributed by atoms with Crippen molar-refractivity contribution in [1.82, 2.24) is 4.98 Å². The molecule has 1 fully saturated rings. The maximum atomic E-state index is 5.95. The molecule has 0 radical (unpaired) electrons.